The van der Waals surface area contributed by atoms with Crippen LogP contribution in [0.2, 0.25) is 0 Å². The molecule has 2 rings (SSSR count). The molecule has 1 N–H and O–H groups in total. The van der Waals surface area contributed by atoms with Crippen LogP contribution >= 0.6 is 0 Å². The Morgan fingerprint density at radius 3 is 2.61 bits per heavy atom. The molecule has 0 spiro atoms. The van der Waals surface area contributed by atoms with Crippen molar-refractivity contribution in [1.82, 2.24) is 20.2 Å². The smallest absolute Gasteiger partial charge is 0.408 e. The van der Waals surface area contributed by atoms with Crippen LogP contribution in [-0.4, -0.2) is 71.8 Å². The molecule has 2 heterocycles. The molecule has 0 radical (unpaired) electrons. The van der Waals surface area contributed by atoms with E-state index in [2.05, 4.69) is 15.3 Å². The van der Waals surface area contributed by atoms with Crippen LogP contribution < -0.4 is 15.0 Å². The Morgan fingerprint density at radius 2 is 1.96 bits per heavy atom. The Morgan fingerprint density at radius 1 is 1.29 bits per heavy atom. The first-order chi connectivity index (χ1) is 13.1. The Hall–Kier alpha value is -2.58. The molecule has 1 aromatic rings. The summed E-state index contributed by atoms with van der Waals surface area (Å²) in [6.45, 7) is 8.05. The van der Waals surface area contributed by atoms with E-state index in [1.165, 1.54) is 0 Å². The van der Waals surface area contributed by atoms with Crippen molar-refractivity contribution in [1.29, 1.82) is 0 Å². The number of rotatable bonds is 5. The lowest BCUT2D eigenvalue weighted by Crippen LogP contribution is -2.52. The minimum atomic E-state index is -0.678. The van der Waals surface area contributed by atoms with Gasteiger partial charge in [0, 0.05) is 33.0 Å². The van der Waals surface area contributed by atoms with Gasteiger partial charge in [-0.25, -0.2) is 14.8 Å². The molecular weight excluding hydrogens is 362 g/mol. The molecule has 9 heteroatoms. The van der Waals surface area contributed by atoms with Crippen molar-refractivity contribution in [3.63, 3.8) is 0 Å². The second-order valence-corrected chi connectivity index (χ2v) is 8.11. The Kier molecular flexibility index (Phi) is 7.04. The number of nitrogens with one attached hydrogen (secondary N) is 1. The van der Waals surface area contributed by atoms with Crippen molar-refractivity contribution in [2.24, 2.45) is 0 Å². The molecule has 156 valence electrons. The molecule has 0 saturated carbocycles. The Bertz CT molecular complexity index is 689. The molecule has 0 bridgehead atoms. The first kappa shape index (κ1) is 21.7. The maximum absolute atomic E-state index is 12.7. The quantitative estimate of drug-likeness (QED) is 0.815. The van der Waals surface area contributed by atoms with Gasteiger partial charge in [0.15, 0.2) is 5.82 Å². The molecule has 0 aromatic carbocycles. The number of piperidine rings is 1. The predicted molar refractivity (Wildman–Crippen MR) is 105 cm³/mol. The summed E-state index contributed by atoms with van der Waals surface area (Å²) in [5.41, 5.74) is -0.613. The number of hydrogen-bond donors (Lipinski definition) is 1. The zero-order valence-electron chi connectivity index (χ0n) is 17.6. The van der Waals surface area contributed by atoms with E-state index in [0.717, 1.165) is 12.8 Å². The Balaban J connectivity index is 1.95. The minimum Gasteiger partial charge on any atom is -0.470 e. The van der Waals surface area contributed by atoms with Gasteiger partial charge in [-0.3, -0.25) is 4.79 Å². The summed E-state index contributed by atoms with van der Waals surface area (Å²) in [5, 5.41) is 2.60. The molecular formula is C19H31N5O4. The van der Waals surface area contributed by atoms with E-state index in [1.54, 1.807) is 45.0 Å². The summed E-state index contributed by atoms with van der Waals surface area (Å²) in [5.74, 6) is 0.934. The highest BCUT2D eigenvalue weighted by Crippen LogP contribution is 2.24. The summed E-state index contributed by atoms with van der Waals surface area (Å²) >= 11 is 0. The standard InChI is InChI=1S/C19H31N5O4/c1-13(22-18(26)28-19(2,3)4)17(25)24-11-7-8-14(12-24)27-16-15(23(5)6)20-9-10-21-16/h9-10,13-14H,7-8,11-12H2,1-6H3,(H,22,26). The molecule has 0 aliphatic carbocycles. The van der Waals surface area contributed by atoms with Gasteiger partial charge in [0.05, 0.1) is 6.54 Å². The molecule has 28 heavy (non-hydrogen) atoms. The van der Waals surface area contributed by atoms with Crippen molar-refractivity contribution in [2.45, 2.75) is 58.3 Å². The third kappa shape index (κ3) is 6.24. The number of alkyl carbamates (subject to hydrolysis) is 1. The average Bonchev–Trinajstić information content (AvgIpc) is 2.59. The summed E-state index contributed by atoms with van der Waals surface area (Å²) in [6, 6.07) is -0.678. The van der Waals surface area contributed by atoms with E-state index in [-0.39, 0.29) is 12.0 Å². The largest absolute Gasteiger partial charge is 0.470 e. The molecule has 1 aromatic heterocycles. The highest BCUT2D eigenvalue weighted by molar-refractivity contribution is 5.85. The van der Waals surface area contributed by atoms with E-state index < -0.39 is 17.7 Å². The molecule has 2 amide bonds. The number of likely N-dealkylation sites (tertiary alicyclic amines) is 1. The lowest BCUT2D eigenvalue weighted by atomic mass is 10.1. The number of carbonyl (C=O) groups is 2. The Labute approximate surface area is 166 Å². The van der Waals surface area contributed by atoms with Gasteiger partial charge in [-0.05, 0) is 40.5 Å². The second-order valence-electron chi connectivity index (χ2n) is 8.11. The van der Waals surface area contributed by atoms with Crippen molar-refractivity contribution < 1.29 is 19.1 Å². The highest BCUT2D eigenvalue weighted by Gasteiger charge is 2.30. The summed E-state index contributed by atoms with van der Waals surface area (Å²) in [4.78, 5) is 36.7. The summed E-state index contributed by atoms with van der Waals surface area (Å²) in [7, 11) is 3.75. The number of anilines is 1. The lowest BCUT2D eigenvalue weighted by Gasteiger charge is -2.34. The monoisotopic (exact) mass is 393 g/mol. The molecule has 1 fully saturated rings. The van der Waals surface area contributed by atoms with Gasteiger partial charge in [-0.1, -0.05) is 0 Å². The van der Waals surface area contributed by atoms with Crippen LogP contribution in [0.3, 0.4) is 0 Å². The van der Waals surface area contributed by atoms with Crippen molar-refractivity contribution in [3.05, 3.63) is 12.4 Å². The number of hydrogen-bond acceptors (Lipinski definition) is 7. The number of carbonyl (C=O) groups excluding carboxylic acids is 2. The van der Waals surface area contributed by atoms with Gasteiger partial charge < -0.3 is 24.6 Å². The molecule has 1 saturated heterocycles. The molecule has 9 nitrogen and oxygen atoms in total. The fourth-order valence-electron chi connectivity index (χ4n) is 2.92. The zero-order chi connectivity index (χ0) is 20.9. The maximum atomic E-state index is 12.7. The van der Waals surface area contributed by atoms with Gasteiger partial charge in [0.2, 0.25) is 5.91 Å². The summed E-state index contributed by atoms with van der Waals surface area (Å²) < 4.78 is 11.2. The van der Waals surface area contributed by atoms with Crippen LogP contribution in [0.4, 0.5) is 10.6 Å². The van der Waals surface area contributed by atoms with E-state index >= 15 is 0 Å². The zero-order valence-corrected chi connectivity index (χ0v) is 17.6. The van der Waals surface area contributed by atoms with Crippen LogP contribution in [-0.2, 0) is 9.53 Å². The molecule has 1 aliphatic heterocycles. The number of aromatic nitrogens is 2. The number of nitrogens with zero attached hydrogens (tertiary/aromatic N) is 4. The predicted octanol–water partition coefficient (Wildman–Crippen LogP) is 1.83. The third-order valence-corrected chi connectivity index (χ3v) is 4.14. The second kappa shape index (κ2) is 9.07. The van der Waals surface area contributed by atoms with Crippen LogP contribution in [0, 0.1) is 0 Å². The van der Waals surface area contributed by atoms with E-state index in [0.29, 0.717) is 24.8 Å². The van der Waals surface area contributed by atoms with E-state index in [9.17, 15) is 9.59 Å². The van der Waals surface area contributed by atoms with Crippen molar-refractivity contribution >= 4 is 17.8 Å². The van der Waals surface area contributed by atoms with Crippen LogP contribution in [0.15, 0.2) is 12.4 Å². The van der Waals surface area contributed by atoms with Gasteiger partial charge in [-0.2, -0.15) is 0 Å². The normalized spacial score (nSPS) is 18.2. The molecule has 2 atom stereocenters. The van der Waals surface area contributed by atoms with E-state index in [4.69, 9.17) is 9.47 Å². The van der Waals surface area contributed by atoms with Gasteiger partial charge in [0.25, 0.3) is 5.88 Å². The molecule has 1 aliphatic rings. The summed E-state index contributed by atoms with van der Waals surface area (Å²) in [6.07, 6.45) is 4.05. The number of amides is 2. The lowest BCUT2D eigenvalue weighted by molar-refractivity contribution is -0.135. The van der Waals surface area contributed by atoms with Crippen LogP contribution in [0.1, 0.15) is 40.5 Å². The highest BCUT2D eigenvalue weighted by atomic mass is 16.6. The van der Waals surface area contributed by atoms with Gasteiger partial charge >= 0.3 is 6.09 Å². The fraction of sp³-hybridized carbons (Fsp3) is 0.684. The molecule has 2 unspecified atom stereocenters. The van der Waals surface area contributed by atoms with Crippen molar-refractivity contribution in [3.8, 4) is 5.88 Å². The number of ether oxygens (including phenoxy) is 2. The average molecular weight is 393 g/mol. The first-order valence-corrected chi connectivity index (χ1v) is 9.50. The van der Waals surface area contributed by atoms with Gasteiger partial charge in [-0.15, -0.1) is 0 Å². The maximum Gasteiger partial charge on any atom is 0.408 e. The first-order valence-electron chi connectivity index (χ1n) is 9.50. The topological polar surface area (TPSA) is 96.9 Å². The fourth-order valence-corrected chi connectivity index (χ4v) is 2.92. The third-order valence-electron chi connectivity index (χ3n) is 4.14. The van der Waals surface area contributed by atoms with Gasteiger partial charge in [0.1, 0.15) is 17.7 Å². The van der Waals surface area contributed by atoms with Crippen LogP contribution in [0.5, 0.6) is 5.88 Å². The minimum absolute atomic E-state index is 0.161. The van der Waals surface area contributed by atoms with Crippen molar-refractivity contribution in [2.75, 3.05) is 32.1 Å². The van der Waals surface area contributed by atoms with Crippen LogP contribution in [0.25, 0.3) is 0 Å². The van der Waals surface area contributed by atoms with E-state index in [1.807, 2.05) is 19.0 Å². The SMILES string of the molecule is CC(NC(=O)OC(C)(C)C)C(=O)N1CCCC(Oc2nccnc2N(C)C)C1.